The number of hydrogen-bond donors (Lipinski definition) is 3. The average Bonchev–Trinajstić information content (AvgIpc) is 2.41. The lowest BCUT2D eigenvalue weighted by Crippen LogP contribution is -2.46. The number of carboxylic acid groups (broad SMARTS) is 1. The summed E-state index contributed by atoms with van der Waals surface area (Å²) >= 11 is 0. The molecule has 0 aliphatic rings. The smallest absolute Gasteiger partial charge is 0.326 e. The highest BCUT2D eigenvalue weighted by Gasteiger charge is 2.18. The Morgan fingerprint density at radius 3 is 2.55 bits per heavy atom. The molecule has 0 saturated carbocycles. The molecule has 0 aromatic rings. The molecular weight excluding hydrogens is 264 g/mol. The Morgan fingerprint density at radius 1 is 1.20 bits per heavy atom. The molecule has 2 amide bonds. The molecule has 0 saturated heterocycles. The molecule has 0 fully saturated rings. The van der Waals surface area contributed by atoms with Crippen molar-refractivity contribution in [1.29, 1.82) is 0 Å². The summed E-state index contributed by atoms with van der Waals surface area (Å²) in [6, 6.07) is -1.26. The predicted molar refractivity (Wildman–Crippen MR) is 74.8 cm³/mol. The Hall–Kier alpha value is -1.34. The summed E-state index contributed by atoms with van der Waals surface area (Å²) in [5.41, 5.74) is 0. The summed E-state index contributed by atoms with van der Waals surface area (Å²) in [7, 11) is 1.62. The van der Waals surface area contributed by atoms with Gasteiger partial charge in [-0.25, -0.2) is 9.59 Å². The van der Waals surface area contributed by atoms with Gasteiger partial charge in [-0.05, 0) is 19.3 Å². The number of nitrogens with one attached hydrogen (secondary N) is 2. The van der Waals surface area contributed by atoms with Crippen LogP contribution >= 0.6 is 0 Å². The van der Waals surface area contributed by atoms with Gasteiger partial charge in [-0.2, -0.15) is 0 Å². The summed E-state index contributed by atoms with van der Waals surface area (Å²) in [5.74, 6) is -1.01. The van der Waals surface area contributed by atoms with E-state index in [0.29, 0.717) is 39.2 Å². The van der Waals surface area contributed by atoms with Crippen LogP contribution in [-0.2, 0) is 14.3 Å². The molecule has 0 aliphatic heterocycles. The maximum Gasteiger partial charge on any atom is 0.326 e. The van der Waals surface area contributed by atoms with Crippen molar-refractivity contribution in [2.75, 3.05) is 33.5 Å². The van der Waals surface area contributed by atoms with Crippen LogP contribution in [0.2, 0.25) is 0 Å². The third-order valence-corrected chi connectivity index (χ3v) is 2.61. The lowest BCUT2D eigenvalue weighted by Gasteiger charge is -2.14. The van der Waals surface area contributed by atoms with Crippen molar-refractivity contribution >= 4 is 12.0 Å². The van der Waals surface area contributed by atoms with Gasteiger partial charge in [0.05, 0.1) is 13.2 Å². The fourth-order valence-electron chi connectivity index (χ4n) is 1.53. The summed E-state index contributed by atoms with van der Waals surface area (Å²) in [6.07, 6.45) is 2.75. The van der Waals surface area contributed by atoms with Crippen LogP contribution in [0.15, 0.2) is 0 Å². The average molecular weight is 290 g/mol. The van der Waals surface area contributed by atoms with Crippen LogP contribution in [0, 0.1) is 0 Å². The van der Waals surface area contributed by atoms with Crippen LogP contribution in [-0.4, -0.2) is 56.6 Å². The molecule has 7 nitrogen and oxygen atoms in total. The van der Waals surface area contributed by atoms with E-state index in [1.54, 1.807) is 7.11 Å². The fourth-order valence-corrected chi connectivity index (χ4v) is 1.53. The zero-order chi connectivity index (χ0) is 15.2. The molecule has 0 rings (SSSR count). The molecule has 1 unspecified atom stereocenters. The van der Waals surface area contributed by atoms with Gasteiger partial charge >= 0.3 is 12.0 Å². The minimum absolute atomic E-state index is 0.427. The maximum atomic E-state index is 11.5. The van der Waals surface area contributed by atoms with Gasteiger partial charge in [0.25, 0.3) is 0 Å². The van der Waals surface area contributed by atoms with Gasteiger partial charge in [0.2, 0.25) is 0 Å². The van der Waals surface area contributed by atoms with E-state index >= 15 is 0 Å². The van der Waals surface area contributed by atoms with E-state index in [1.165, 1.54) is 0 Å². The molecule has 0 aromatic carbocycles. The molecule has 0 radical (unpaired) electrons. The Morgan fingerprint density at radius 2 is 1.95 bits per heavy atom. The molecule has 3 N–H and O–H groups in total. The molecule has 0 bridgehead atoms. The Balaban J connectivity index is 3.55. The quantitative estimate of drug-likeness (QED) is 0.466. The number of unbranched alkanes of at least 4 members (excludes halogenated alkanes) is 1. The van der Waals surface area contributed by atoms with Gasteiger partial charge in [0.15, 0.2) is 0 Å². The molecule has 20 heavy (non-hydrogen) atoms. The Bertz CT molecular complexity index is 273. The van der Waals surface area contributed by atoms with Crippen LogP contribution in [0.1, 0.15) is 32.6 Å². The molecule has 7 heteroatoms. The topological polar surface area (TPSA) is 96.9 Å². The SMILES string of the molecule is CCCC(NC(=O)NCCCCOCCOC)C(=O)O. The van der Waals surface area contributed by atoms with Crippen molar-refractivity contribution in [3.05, 3.63) is 0 Å². The zero-order valence-corrected chi connectivity index (χ0v) is 12.3. The van der Waals surface area contributed by atoms with Gasteiger partial charge in [0.1, 0.15) is 6.04 Å². The summed E-state index contributed by atoms with van der Waals surface area (Å²) in [6.45, 7) is 4.15. The van der Waals surface area contributed by atoms with Crippen LogP contribution in [0.5, 0.6) is 0 Å². The lowest BCUT2D eigenvalue weighted by atomic mass is 10.2. The van der Waals surface area contributed by atoms with Crippen molar-refractivity contribution in [3.8, 4) is 0 Å². The number of methoxy groups -OCH3 is 1. The number of ether oxygens (including phenoxy) is 2. The van der Waals surface area contributed by atoms with E-state index in [9.17, 15) is 9.59 Å². The molecule has 0 aliphatic carbocycles. The van der Waals surface area contributed by atoms with E-state index in [0.717, 1.165) is 12.8 Å². The number of carbonyl (C=O) groups is 2. The number of hydrogen-bond acceptors (Lipinski definition) is 4. The first-order chi connectivity index (χ1) is 9.61. The summed E-state index contributed by atoms with van der Waals surface area (Å²) in [5, 5.41) is 14.0. The Kier molecular flexibility index (Phi) is 11.8. The minimum Gasteiger partial charge on any atom is -0.480 e. The van der Waals surface area contributed by atoms with Crippen molar-refractivity contribution in [3.63, 3.8) is 0 Å². The monoisotopic (exact) mass is 290 g/mol. The molecule has 1 atom stereocenters. The highest BCUT2D eigenvalue weighted by Crippen LogP contribution is 1.96. The second kappa shape index (κ2) is 12.7. The summed E-state index contributed by atoms with van der Waals surface area (Å²) in [4.78, 5) is 22.3. The first kappa shape index (κ1) is 18.7. The number of rotatable bonds is 12. The Labute approximate surface area is 120 Å². The number of amides is 2. The second-order valence-electron chi connectivity index (χ2n) is 4.39. The molecule has 0 heterocycles. The standard InChI is InChI=1S/C13H26N2O5/c1-3-6-11(12(16)17)15-13(18)14-7-4-5-8-20-10-9-19-2/h11H,3-10H2,1-2H3,(H,16,17)(H2,14,15,18). The molecule has 0 spiro atoms. The summed E-state index contributed by atoms with van der Waals surface area (Å²) < 4.78 is 10.1. The maximum absolute atomic E-state index is 11.5. The predicted octanol–water partition coefficient (Wildman–Crippen LogP) is 0.982. The van der Waals surface area contributed by atoms with Crippen molar-refractivity contribution < 1.29 is 24.2 Å². The number of aliphatic carboxylic acids is 1. The van der Waals surface area contributed by atoms with Crippen molar-refractivity contribution in [2.45, 2.75) is 38.6 Å². The second-order valence-corrected chi connectivity index (χ2v) is 4.39. The van der Waals surface area contributed by atoms with E-state index in [1.807, 2.05) is 6.92 Å². The molecule has 118 valence electrons. The van der Waals surface area contributed by atoms with Crippen LogP contribution < -0.4 is 10.6 Å². The van der Waals surface area contributed by atoms with E-state index < -0.39 is 18.0 Å². The first-order valence-electron chi connectivity index (χ1n) is 6.95. The van der Waals surface area contributed by atoms with Gasteiger partial charge in [-0.3, -0.25) is 0 Å². The van der Waals surface area contributed by atoms with Crippen LogP contribution in [0.4, 0.5) is 4.79 Å². The van der Waals surface area contributed by atoms with Crippen LogP contribution in [0.3, 0.4) is 0 Å². The van der Waals surface area contributed by atoms with Gasteiger partial charge < -0.3 is 25.2 Å². The minimum atomic E-state index is -1.01. The highest BCUT2D eigenvalue weighted by atomic mass is 16.5. The lowest BCUT2D eigenvalue weighted by molar-refractivity contribution is -0.139. The van der Waals surface area contributed by atoms with Gasteiger partial charge in [0, 0.05) is 20.3 Å². The van der Waals surface area contributed by atoms with Crippen LogP contribution in [0.25, 0.3) is 0 Å². The van der Waals surface area contributed by atoms with E-state index in [4.69, 9.17) is 14.6 Å². The van der Waals surface area contributed by atoms with Crippen molar-refractivity contribution in [2.24, 2.45) is 0 Å². The number of carbonyl (C=O) groups excluding carboxylic acids is 1. The zero-order valence-electron chi connectivity index (χ0n) is 12.3. The third-order valence-electron chi connectivity index (χ3n) is 2.61. The highest BCUT2D eigenvalue weighted by molar-refractivity contribution is 5.82. The molecular formula is C13H26N2O5. The fraction of sp³-hybridized carbons (Fsp3) is 0.846. The number of carboxylic acids is 1. The molecule has 0 aromatic heterocycles. The number of urea groups is 1. The van der Waals surface area contributed by atoms with Gasteiger partial charge in [-0.1, -0.05) is 13.3 Å². The third kappa shape index (κ3) is 10.6. The van der Waals surface area contributed by atoms with Gasteiger partial charge in [-0.15, -0.1) is 0 Å². The van der Waals surface area contributed by atoms with E-state index in [-0.39, 0.29) is 0 Å². The first-order valence-corrected chi connectivity index (χ1v) is 6.95. The van der Waals surface area contributed by atoms with Crippen molar-refractivity contribution in [1.82, 2.24) is 10.6 Å². The normalized spacial score (nSPS) is 11.9. The van der Waals surface area contributed by atoms with E-state index in [2.05, 4.69) is 10.6 Å². The largest absolute Gasteiger partial charge is 0.480 e.